The van der Waals surface area contributed by atoms with E-state index in [0.717, 1.165) is 83.5 Å². The highest BCUT2D eigenvalue weighted by Crippen LogP contribution is 2.60. The van der Waals surface area contributed by atoms with E-state index in [9.17, 15) is 62.3 Å². The Kier molecular flexibility index (Phi) is 17.3. The van der Waals surface area contributed by atoms with Gasteiger partial charge in [-0.3, -0.25) is 62.3 Å². The average Bonchev–Trinajstić information content (AvgIpc) is 4.45. The summed E-state index contributed by atoms with van der Waals surface area (Å²) in [7, 11) is 0. The average molecular weight is 1120 g/mol. The van der Waals surface area contributed by atoms with Crippen LogP contribution in [0, 0.1) is 81.8 Å². The Balaban J connectivity index is 0.000000123. The molecule has 0 amide bonds. The van der Waals surface area contributed by atoms with Gasteiger partial charge in [-0.15, -0.1) is 0 Å². The highest BCUT2D eigenvalue weighted by molar-refractivity contribution is 6.00. The highest BCUT2D eigenvalue weighted by Gasteiger charge is 2.70. The molecule has 0 aromatic heterocycles. The van der Waals surface area contributed by atoms with Crippen LogP contribution in [0.5, 0.6) is 0 Å². The van der Waals surface area contributed by atoms with Crippen LogP contribution in [0.2, 0.25) is 0 Å². The summed E-state index contributed by atoms with van der Waals surface area (Å²) in [6.07, 6.45) is 24.9. The summed E-state index contributed by atoms with van der Waals surface area (Å²) in [5, 5.41) is 0. The predicted octanol–water partition coefficient (Wildman–Crippen LogP) is 6.46. The maximum Gasteiger partial charge on any atom is 0.320 e. The van der Waals surface area contributed by atoms with Crippen molar-refractivity contribution in [2.24, 2.45) is 81.8 Å². The van der Waals surface area contributed by atoms with E-state index in [-0.39, 0.29) is 125 Å². The fourth-order valence-electron chi connectivity index (χ4n) is 13.4. The maximum absolute atomic E-state index is 11.6. The van der Waals surface area contributed by atoms with Gasteiger partial charge in [0.25, 0.3) is 0 Å². The van der Waals surface area contributed by atoms with E-state index < -0.39 is 52.3 Å². The zero-order chi connectivity index (χ0) is 58.2. The second kappa shape index (κ2) is 23.4. The Labute approximate surface area is 462 Å². The predicted molar refractivity (Wildman–Crippen MR) is 270 cm³/mol. The summed E-state index contributed by atoms with van der Waals surface area (Å²) in [5.74, 6) is -4.61. The van der Waals surface area contributed by atoms with Crippen LogP contribution in [0.1, 0.15) is 144 Å². The van der Waals surface area contributed by atoms with Crippen LogP contribution >= 0.6 is 0 Å². The molecule has 6 aliphatic carbocycles. The molecule has 0 N–H and O–H groups in total. The zero-order valence-corrected chi connectivity index (χ0v) is 46.0. The largest absolute Gasteiger partial charge is 0.431 e. The first-order valence-corrected chi connectivity index (χ1v) is 27.8. The van der Waals surface area contributed by atoms with Crippen molar-refractivity contribution < 1.29 is 100 Å². The van der Waals surface area contributed by atoms with Gasteiger partial charge in [-0.1, -0.05) is 83.1 Å². The number of carbonyl (C=O) groups is 13. The minimum Gasteiger partial charge on any atom is -0.431 e. The summed E-state index contributed by atoms with van der Waals surface area (Å²) in [5.41, 5.74) is -1.99. The van der Waals surface area contributed by atoms with Crippen LogP contribution in [0.15, 0.2) is 48.8 Å². The second-order valence-corrected chi connectivity index (χ2v) is 24.0. The zero-order valence-electron chi connectivity index (χ0n) is 46.0. The lowest BCUT2D eigenvalue weighted by molar-refractivity contribution is -0.185. The van der Waals surface area contributed by atoms with Crippen LogP contribution < -0.4 is 0 Å². The molecule has 8 saturated heterocycles. The third-order valence-corrected chi connectivity index (χ3v) is 18.6. The summed E-state index contributed by atoms with van der Waals surface area (Å²) in [4.78, 5) is 143. The summed E-state index contributed by atoms with van der Waals surface area (Å²) in [6.45, 7) is 14.9. The van der Waals surface area contributed by atoms with Crippen molar-refractivity contribution in [3.05, 3.63) is 48.8 Å². The minimum absolute atomic E-state index is 0.0625. The van der Waals surface area contributed by atoms with Gasteiger partial charge in [0.2, 0.25) is 0 Å². The molecule has 80 heavy (non-hydrogen) atoms. The lowest BCUT2D eigenvalue weighted by Gasteiger charge is -2.41. The van der Waals surface area contributed by atoms with Gasteiger partial charge < -0.3 is 37.9 Å². The lowest BCUT2D eigenvalue weighted by atomic mass is 9.63. The van der Waals surface area contributed by atoms with Gasteiger partial charge in [-0.25, -0.2) is 0 Å². The Hall–Kier alpha value is -6.77. The van der Waals surface area contributed by atoms with Crippen molar-refractivity contribution in [3.63, 3.8) is 0 Å². The number of ether oxygens (including phenoxy) is 8. The van der Waals surface area contributed by atoms with Crippen LogP contribution in [0.3, 0.4) is 0 Å². The Morgan fingerprint density at radius 2 is 0.950 bits per heavy atom. The number of esters is 13. The molecule has 21 nitrogen and oxygen atoms in total. The van der Waals surface area contributed by atoms with Gasteiger partial charge >= 0.3 is 77.6 Å². The Bertz CT molecular complexity index is 2620. The molecule has 15 aliphatic rings. The number of cyclic esters (lactones) is 13. The Morgan fingerprint density at radius 3 is 1.41 bits per heavy atom. The first-order chi connectivity index (χ1) is 37.7. The van der Waals surface area contributed by atoms with E-state index in [1.54, 1.807) is 6.92 Å². The molecule has 0 spiro atoms. The molecule has 15 unspecified atom stereocenters. The molecule has 9 aliphatic heterocycles. The molecule has 0 radical (unpaired) electrons. The molecule has 11 fully saturated rings. The van der Waals surface area contributed by atoms with E-state index in [1.807, 2.05) is 52.8 Å². The van der Waals surface area contributed by atoms with Crippen molar-refractivity contribution in [3.8, 4) is 0 Å². The number of allylic oxidation sites excluding steroid dienone is 5. The SMILES string of the molecule is C=C1OC(=O)C2CC=CCC12.CC12C=CC(C)(O1)C1C(=O)OC(=O)C12.CC12CCC(C(=O)OC1=O)C2(C)C.CC1CC(=O)OC1=O.O=C1CCCCCC(=O)O1.O=C1OC(=O)C2C3C=CC(CC3)C12.O=C1OC(=O)C2CCCCC12. The molecule has 432 valence electrons. The van der Waals surface area contributed by atoms with Crippen molar-refractivity contribution in [1.82, 2.24) is 0 Å². The van der Waals surface area contributed by atoms with E-state index >= 15 is 0 Å². The fraction of sp³-hybridized carbons (Fsp3) is 0.644. The normalized spacial score (nSPS) is 39.2. The van der Waals surface area contributed by atoms with E-state index in [4.69, 9.17) is 14.2 Å². The lowest BCUT2D eigenvalue weighted by Crippen LogP contribution is -2.49. The first-order valence-electron chi connectivity index (χ1n) is 27.8. The van der Waals surface area contributed by atoms with Gasteiger partial charge in [0, 0.05) is 18.8 Å². The molecule has 21 heteroatoms. The number of rotatable bonds is 0. The van der Waals surface area contributed by atoms with Crippen LogP contribution in [0.25, 0.3) is 0 Å². The fourth-order valence-corrected chi connectivity index (χ4v) is 13.4. The minimum atomic E-state index is -0.650. The van der Waals surface area contributed by atoms with E-state index in [2.05, 4.69) is 48.5 Å². The van der Waals surface area contributed by atoms with Gasteiger partial charge in [0.15, 0.2) is 0 Å². The second-order valence-electron chi connectivity index (χ2n) is 24.0. The molecular formula is C59H70O21. The molecule has 15 atom stereocenters. The summed E-state index contributed by atoms with van der Waals surface area (Å²) < 4.78 is 37.8. The number of carbonyl (C=O) groups excluding carboxylic acids is 13. The third kappa shape index (κ3) is 11.7. The molecular weight excluding hydrogens is 1040 g/mol. The molecule has 9 heterocycles. The van der Waals surface area contributed by atoms with Gasteiger partial charge in [-0.2, -0.15) is 0 Å². The smallest absolute Gasteiger partial charge is 0.320 e. The standard InChI is InChI=1S/C10H10O4.C10H10O3.C10H14O3.C9H10O2.C8H10O3.C7H10O3.C5H6O3/c1-9-3-4-10(2,14-9)6-5(9)7(11)13-8(6)12;11-9-7-5-1-2-6(4-3-5)8(7)10(12)13-9;1-9(2)6-4-5-10(9,3)8(12)13-7(6)11;1-6-7-4-2-3-5-8(7)9(10)11-6;9-7-5-3-1-2-4-6(5)8(10)11-7;8-6-4-2-1-3-5-7(9)10-6;1-3-2-4(6)8-5(3)7/h3-6H,1-2H3;1-2,5-8H,3-4H2;6H,4-5H2,1-3H3;2-3,7-8H,1,4-5H2;5-6H,1-4H2;1-5H2;3H,2H2,1H3. The molecule has 0 aromatic rings. The Morgan fingerprint density at radius 1 is 0.463 bits per heavy atom. The molecule has 0 aromatic carbocycles. The maximum atomic E-state index is 11.6. The first kappa shape index (κ1) is 59.4. The topological polar surface area (TPSA) is 296 Å². The van der Waals surface area contributed by atoms with Crippen molar-refractivity contribution >= 4 is 77.6 Å². The quantitative estimate of drug-likeness (QED) is 0.109. The monoisotopic (exact) mass is 1110 g/mol. The molecule has 6 bridgehead atoms. The summed E-state index contributed by atoms with van der Waals surface area (Å²) >= 11 is 0. The van der Waals surface area contributed by atoms with Gasteiger partial charge in [0.1, 0.15) is 17.6 Å². The van der Waals surface area contributed by atoms with Crippen LogP contribution in [-0.2, 0) is 100 Å². The summed E-state index contributed by atoms with van der Waals surface area (Å²) in [6, 6.07) is 0. The van der Waals surface area contributed by atoms with Crippen molar-refractivity contribution in [2.75, 3.05) is 0 Å². The number of hydrogen-bond donors (Lipinski definition) is 0. The van der Waals surface area contributed by atoms with Crippen LogP contribution in [0.4, 0.5) is 0 Å². The van der Waals surface area contributed by atoms with Crippen LogP contribution in [-0.4, -0.2) is 88.8 Å². The molecule has 3 saturated carbocycles. The van der Waals surface area contributed by atoms with Gasteiger partial charge in [-0.05, 0) is 102 Å². The number of fused-ring (bicyclic) bond motifs is 10. The highest BCUT2D eigenvalue weighted by atomic mass is 16.6. The molecule has 15 rings (SSSR count). The van der Waals surface area contributed by atoms with Crippen molar-refractivity contribution in [1.29, 1.82) is 0 Å². The van der Waals surface area contributed by atoms with E-state index in [0.29, 0.717) is 18.6 Å². The van der Waals surface area contributed by atoms with Crippen molar-refractivity contribution in [2.45, 2.75) is 155 Å². The van der Waals surface area contributed by atoms with Gasteiger partial charge in [0.05, 0.1) is 64.5 Å². The third-order valence-electron chi connectivity index (χ3n) is 18.6. The number of hydrogen-bond acceptors (Lipinski definition) is 21. The van der Waals surface area contributed by atoms with E-state index in [1.165, 1.54) is 0 Å².